The zero-order valence-corrected chi connectivity index (χ0v) is 13.6. The number of sulfonamides is 1. The van der Waals surface area contributed by atoms with Crippen molar-refractivity contribution >= 4 is 15.9 Å². The summed E-state index contributed by atoms with van der Waals surface area (Å²) >= 11 is 0. The van der Waals surface area contributed by atoms with Gasteiger partial charge < -0.3 is 4.90 Å². The van der Waals surface area contributed by atoms with E-state index in [4.69, 9.17) is 0 Å². The molecule has 0 aliphatic carbocycles. The van der Waals surface area contributed by atoms with Crippen LogP contribution in [0, 0.1) is 6.92 Å². The van der Waals surface area contributed by atoms with Gasteiger partial charge in [-0.2, -0.15) is 4.31 Å². The van der Waals surface area contributed by atoms with E-state index >= 15 is 0 Å². The van der Waals surface area contributed by atoms with Crippen molar-refractivity contribution in [1.29, 1.82) is 0 Å². The number of carbonyl (C=O) groups excluding carboxylic acids is 1. The van der Waals surface area contributed by atoms with Crippen LogP contribution in [-0.4, -0.2) is 49.2 Å². The van der Waals surface area contributed by atoms with Crippen molar-refractivity contribution in [2.75, 3.05) is 19.6 Å². The largest absolute Gasteiger partial charge is 0.338 e. The zero-order chi connectivity index (χ0) is 15.6. The first kappa shape index (κ1) is 16.0. The zero-order valence-electron chi connectivity index (χ0n) is 12.7. The SMILES string of the molecule is Cc1ccc(CS(=O)(=O)N2CCN(C(C)C)C(=O)C2)cc1. The predicted molar refractivity (Wildman–Crippen MR) is 82.2 cm³/mol. The molecule has 0 spiro atoms. The maximum atomic E-state index is 12.4. The predicted octanol–water partition coefficient (Wildman–Crippen LogP) is 1.38. The van der Waals surface area contributed by atoms with Gasteiger partial charge in [0.25, 0.3) is 0 Å². The van der Waals surface area contributed by atoms with E-state index in [0.29, 0.717) is 13.1 Å². The van der Waals surface area contributed by atoms with Gasteiger partial charge in [-0.25, -0.2) is 8.42 Å². The Morgan fingerprint density at radius 3 is 2.29 bits per heavy atom. The number of rotatable bonds is 4. The molecule has 0 radical (unpaired) electrons. The van der Waals surface area contributed by atoms with E-state index in [1.807, 2.05) is 45.0 Å². The molecule has 1 aromatic carbocycles. The molecule has 116 valence electrons. The summed E-state index contributed by atoms with van der Waals surface area (Å²) in [6, 6.07) is 7.54. The van der Waals surface area contributed by atoms with Crippen molar-refractivity contribution in [3.05, 3.63) is 35.4 Å². The smallest absolute Gasteiger partial charge is 0.238 e. The number of aryl methyl sites for hydroxylation is 1. The van der Waals surface area contributed by atoms with Gasteiger partial charge in [0, 0.05) is 19.1 Å². The molecule has 0 bridgehead atoms. The van der Waals surface area contributed by atoms with Gasteiger partial charge in [-0.15, -0.1) is 0 Å². The monoisotopic (exact) mass is 310 g/mol. The van der Waals surface area contributed by atoms with Crippen molar-refractivity contribution < 1.29 is 13.2 Å². The first-order valence-corrected chi connectivity index (χ1v) is 8.73. The minimum absolute atomic E-state index is 0.0492. The molecule has 0 atom stereocenters. The lowest BCUT2D eigenvalue weighted by Crippen LogP contribution is -2.54. The van der Waals surface area contributed by atoms with Crippen LogP contribution in [0.2, 0.25) is 0 Å². The van der Waals surface area contributed by atoms with Crippen LogP contribution in [0.3, 0.4) is 0 Å². The fraction of sp³-hybridized carbons (Fsp3) is 0.533. The van der Waals surface area contributed by atoms with Crippen molar-refractivity contribution in [2.24, 2.45) is 0 Å². The van der Waals surface area contributed by atoms with Crippen LogP contribution in [0.15, 0.2) is 24.3 Å². The van der Waals surface area contributed by atoms with Gasteiger partial charge in [-0.3, -0.25) is 4.79 Å². The molecule has 0 saturated carbocycles. The van der Waals surface area contributed by atoms with E-state index in [0.717, 1.165) is 11.1 Å². The topological polar surface area (TPSA) is 57.7 Å². The number of piperazine rings is 1. The van der Waals surface area contributed by atoms with E-state index in [2.05, 4.69) is 0 Å². The first-order chi connectivity index (χ1) is 9.79. The van der Waals surface area contributed by atoms with E-state index < -0.39 is 10.0 Å². The maximum Gasteiger partial charge on any atom is 0.238 e. The van der Waals surface area contributed by atoms with Crippen LogP contribution < -0.4 is 0 Å². The molecular formula is C15H22N2O3S. The van der Waals surface area contributed by atoms with Gasteiger partial charge in [0.2, 0.25) is 15.9 Å². The lowest BCUT2D eigenvalue weighted by molar-refractivity contribution is -0.135. The Morgan fingerprint density at radius 2 is 1.76 bits per heavy atom. The van der Waals surface area contributed by atoms with Gasteiger partial charge in [-0.1, -0.05) is 29.8 Å². The molecule has 0 aromatic heterocycles. The summed E-state index contributed by atoms with van der Waals surface area (Å²) in [5, 5.41) is 0. The van der Waals surface area contributed by atoms with Crippen LogP contribution in [-0.2, 0) is 20.6 Å². The highest BCUT2D eigenvalue weighted by molar-refractivity contribution is 7.88. The van der Waals surface area contributed by atoms with Crippen LogP contribution in [0.1, 0.15) is 25.0 Å². The third kappa shape index (κ3) is 3.83. The number of hydrogen-bond donors (Lipinski definition) is 0. The van der Waals surface area contributed by atoms with E-state index in [-0.39, 0.29) is 24.2 Å². The second-order valence-electron chi connectivity index (χ2n) is 5.76. The summed E-state index contributed by atoms with van der Waals surface area (Å²) in [6.45, 7) is 6.62. The number of benzene rings is 1. The summed E-state index contributed by atoms with van der Waals surface area (Å²) in [5.74, 6) is -0.175. The molecule has 2 rings (SSSR count). The Labute approximate surface area is 126 Å². The molecule has 1 saturated heterocycles. The van der Waals surface area contributed by atoms with Crippen LogP contribution in [0.5, 0.6) is 0 Å². The molecule has 6 heteroatoms. The summed E-state index contributed by atoms with van der Waals surface area (Å²) in [6.07, 6.45) is 0. The van der Waals surface area contributed by atoms with Crippen LogP contribution >= 0.6 is 0 Å². The maximum absolute atomic E-state index is 12.4. The Morgan fingerprint density at radius 1 is 1.14 bits per heavy atom. The van der Waals surface area contributed by atoms with Crippen molar-refractivity contribution in [2.45, 2.75) is 32.6 Å². The van der Waals surface area contributed by atoms with Gasteiger partial charge in [0.05, 0.1) is 12.3 Å². The van der Waals surface area contributed by atoms with E-state index in [9.17, 15) is 13.2 Å². The second-order valence-corrected chi connectivity index (χ2v) is 7.73. The third-order valence-electron chi connectivity index (χ3n) is 3.71. The minimum Gasteiger partial charge on any atom is -0.338 e. The molecule has 5 nitrogen and oxygen atoms in total. The summed E-state index contributed by atoms with van der Waals surface area (Å²) in [5.41, 5.74) is 1.84. The Hall–Kier alpha value is -1.40. The van der Waals surface area contributed by atoms with E-state index in [1.54, 1.807) is 4.90 Å². The normalized spacial score (nSPS) is 17.5. The molecule has 1 heterocycles. The molecule has 1 aliphatic rings. The van der Waals surface area contributed by atoms with Crippen LogP contribution in [0.4, 0.5) is 0 Å². The first-order valence-electron chi connectivity index (χ1n) is 7.12. The molecule has 1 aromatic rings. The van der Waals surface area contributed by atoms with Gasteiger partial charge in [0.15, 0.2) is 0 Å². The summed E-state index contributed by atoms with van der Waals surface area (Å²) in [4.78, 5) is 13.7. The molecule has 21 heavy (non-hydrogen) atoms. The highest BCUT2D eigenvalue weighted by Crippen LogP contribution is 2.16. The fourth-order valence-corrected chi connectivity index (χ4v) is 3.90. The summed E-state index contributed by atoms with van der Waals surface area (Å²) in [7, 11) is -3.45. The minimum atomic E-state index is -3.45. The third-order valence-corrected chi connectivity index (χ3v) is 5.51. The quantitative estimate of drug-likeness (QED) is 0.844. The molecular weight excluding hydrogens is 288 g/mol. The second kappa shape index (κ2) is 6.15. The molecule has 1 fully saturated rings. The van der Waals surface area contributed by atoms with Crippen molar-refractivity contribution in [3.8, 4) is 0 Å². The number of hydrogen-bond acceptors (Lipinski definition) is 3. The van der Waals surface area contributed by atoms with Gasteiger partial charge >= 0.3 is 0 Å². The van der Waals surface area contributed by atoms with Crippen LogP contribution in [0.25, 0.3) is 0 Å². The van der Waals surface area contributed by atoms with E-state index in [1.165, 1.54) is 4.31 Å². The average Bonchev–Trinajstić information content (AvgIpc) is 2.40. The molecule has 0 N–H and O–H groups in total. The average molecular weight is 310 g/mol. The fourth-order valence-electron chi connectivity index (χ4n) is 2.43. The van der Waals surface area contributed by atoms with Crippen molar-refractivity contribution in [1.82, 2.24) is 9.21 Å². The Balaban J connectivity index is 2.07. The highest BCUT2D eigenvalue weighted by atomic mass is 32.2. The standard InChI is InChI=1S/C15H22N2O3S/c1-12(2)17-9-8-16(10-15(17)18)21(19,20)11-14-6-4-13(3)5-7-14/h4-7,12H,8-11H2,1-3H3. The highest BCUT2D eigenvalue weighted by Gasteiger charge is 2.32. The number of amides is 1. The summed E-state index contributed by atoms with van der Waals surface area (Å²) < 4.78 is 26.1. The Bertz CT molecular complexity index is 608. The molecule has 1 aliphatic heterocycles. The van der Waals surface area contributed by atoms with Gasteiger partial charge in [-0.05, 0) is 26.3 Å². The Kier molecular flexibility index (Phi) is 4.68. The lowest BCUT2D eigenvalue weighted by Gasteiger charge is -2.36. The van der Waals surface area contributed by atoms with Gasteiger partial charge in [0.1, 0.15) is 0 Å². The lowest BCUT2D eigenvalue weighted by atomic mass is 10.2. The number of carbonyl (C=O) groups is 1. The molecule has 1 amide bonds. The number of nitrogens with zero attached hydrogens (tertiary/aromatic N) is 2. The molecule has 0 unspecified atom stereocenters. The van der Waals surface area contributed by atoms with Crippen molar-refractivity contribution in [3.63, 3.8) is 0 Å².